The minimum absolute atomic E-state index is 0.0194. The Labute approximate surface area is 196 Å². The van der Waals surface area contributed by atoms with Gasteiger partial charge in [0.15, 0.2) is 0 Å². The fraction of sp³-hybridized carbons (Fsp3) is 0.115. The van der Waals surface area contributed by atoms with E-state index in [1.54, 1.807) is 73.1 Å². The summed E-state index contributed by atoms with van der Waals surface area (Å²) in [5.41, 5.74) is 1.85. The SMILES string of the molecule is C=CCOc1ccc([C@H]2C(=C(O)c3ccc(Cl)cc3)C(=O)C(=O)N2Cc2cccnc2)cc1. The van der Waals surface area contributed by atoms with Gasteiger partial charge in [0.25, 0.3) is 11.7 Å². The number of aromatic nitrogens is 1. The highest BCUT2D eigenvalue weighted by Crippen LogP contribution is 2.40. The molecule has 0 saturated carbocycles. The number of ether oxygens (including phenoxy) is 1. The second-order valence-corrected chi connectivity index (χ2v) is 7.90. The third-order valence-corrected chi connectivity index (χ3v) is 5.55. The van der Waals surface area contributed by atoms with Gasteiger partial charge in [-0.15, -0.1) is 0 Å². The van der Waals surface area contributed by atoms with Gasteiger partial charge in [-0.1, -0.05) is 42.5 Å². The molecule has 0 radical (unpaired) electrons. The Kier molecular flexibility index (Phi) is 6.56. The molecule has 1 aliphatic rings. The molecule has 1 amide bonds. The van der Waals surface area contributed by atoms with Crippen molar-refractivity contribution in [3.8, 4) is 5.75 Å². The molecule has 166 valence electrons. The van der Waals surface area contributed by atoms with Crippen LogP contribution in [0.4, 0.5) is 0 Å². The molecule has 0 unspecified atom stereocenters. The van der Waals surface area contributed by atoms with Crippen molar-refractivity contribution in [1.82, 2.24) is 9.88 Å². The van der Waals surface area contributed by atoms with E-state index in [1.165, 1.54) is 4.90 Å². The number of rotatable bonds is 7. The van der Waals surface area contributed by atoms with Crippen LogP contribution in [0.3, 0.4) is 0 Å². The number of carbonyl (C=O) groups excluding carboxylic acids is 2. The van der Waals surface area contributed by atoms with Gasteiger partial charge in [-0.25, -0.2) is 0 Å². The Hall–Kier alpha value is -3.90. The number of halogens is 1. The summed E-state index contributed by atoms with van der Waals surface area (Å²) >= 11 is 5.97. The van der Waals surface area contributed by atoms with E-state index < -0.39 is 17.7 Å². The maximum absolute atomic E-state index is 13.1. The standard InChI is InChI=1S/C26H21ClN2O4/c1-2-14-33-21-11-7-18(8-12-21)23-22(24(30)19-5-9-20(27)10-6-19)25(31)26(32)29(23)16-17-4-3-13-28-15-17/h2-13,15,23,30H,1,14,16H2/t23-/m0/s1. The normalized spacial score (nSPS) is 17.2. The summed E-state index contributed by atoms with van der Waals surface area (Å²) in [6.45, 7) is 4.15. The topological polar surface area (TPSA) is 79.7 Å². The van der Waals surface area contributed by atoms with Gasteiger partial charge in [0.2, 0.25) is 0 Å². The van der Waals surface area contributed by atoms with E-state index >= 15 is 0 Å². The van der Waals surface area contributed by atoms with Crippen molar-refractivity contribution < 1.29 is 19.4 Å². The first kappa shape index (κ1) is 22.3. The molecular formula is C26H21ClN2O4. The number of aliphatic hydroxyl groups excluding tert-OH is 1. The van der Waals surface area contributed by atoms with Gasteiger partial charge in [0, 0.05) is 29.5 Å². The quantitative estimate of drug-likeness (QED) is 0.234. The number of nitrogens with zero attached hydrogens (tertiary/aromatic N) is 2. The lowest BCUT2D eigenvalue weighted by atomic mass is 9.95. The lowest BCUT2D eigenvalue weighted by molar-refractivity contribution is -0.140. The maximum Gasteiger partial charge on any atom is 0.295 e. The zero-order chi connectivity index (χ0) is 23.4. The summed E-state index contributed by atoms with van der Waals surface area (Å²) in [7, 11) is 0. The highest BCUT2D eigenvalue weighted by Gasteiger charge is 2.46. The third-order valence-electron chi connectivity index (χ3n) is 5.30. The number of hydrogen-bond donors (Lipinski definition) is 1. The number of carbonyl (C=O) groups is 2. The van der Waals surface area contributed by atoms with Crippen molar-refractivity contribution in [3.05, 3.63) is 113 Å². The molecular weight excluding hydrogens is 440 g/mol. The monoisotopic (exact) mass is 460 g/mol. The molecule has 33 heavy (non-hydrogen) atoms. The molecule has 1 N–H and O–H groups in total. The second-order valence-electron chi connectivity index (χ2n) is 7.46. The summed E-state index contributed by atoms with van der Waals surface area (Å²) in [5, 5.41) is 11.6. The van der Waals surface area contributed by atoms with Gasteiger partial charge < -0.3 is 14.7 Å². The molecule has 3 aromatic rings. The zero-order valence-electron chi connectivity index (χ0n) is 17.6. The Morgan fingerprint density at radius 3 is 2.48 bits per heavy atom. The highest BCUT2D eigenvalue weighted by molar-refractivity contribution is 6.46. The van der Waals surface area contributed by atoms with Crippen LogP contribution in [0.1, 0.15) is 22.7 Å². The predicted molar refractivity (Wildman–Crippen MR) is 126 cm³/mol. The fourth-order valence-corrected chi connectivity index (χ4v) is 3.87. The molecule has 0 bridgehead atoms. The summed E-state index contributed by atoms with van der Waals surface area (Å²) in [4.78, 5) is 31.7. The Bertz CT molecular complexity index is 1210. The predicted octanol–water partition coefficient (Wildman–Crippen LogP) is 4.92. The summed E-state index contributed by atoms with van der Waals surface area (Å²) < 4.78 is 5.54. The van der Waals surface area contributed by atoms with Gasteiger partial charge in [-0.05, 0) is 53.6 Å². The number of pyridine rings is 1. The molecule has 0 aliphatic carbocycles. The second kappa shape index (κ2) is 9.71. The lowest BCUT2D eigenvalue weighted by Gasteiger charge is -2.25. The average Bonchev–Trinajstić information content (AvgIpc) is 3.08. The molecule has 6 nitrogen and oxygen atoms in total. The van der Waals surface area contributed by atoms with Gasteiger partial charge in [-0.2, -0.15) is 0 Å². The molecule has 1 aliphatic heterocycles. The third kappa shape index (κ3) is 4.66. The maximum atomic E-state index is 13.1. The summed E-state index contributed by atoms with van der Waals surface area (Å²) in [6.07, 6.45) is 4.92. The minimum Gasteiger partial charge on any atom is -0.507 e. The smallest absolute Gasteiger partial charge is 0.295 e. The zero-order valence-corrected chi connectivity index (χ0v) is 18.4. The van der Waals surface area contributed by atoms with Gasteiger partial charge in [-0.3, -0.25) is 14.6 Å². The molecule has 2 aromatic carbocycles. The molecule has 7 heteroatoms. The Morgan fingerprint density at radius 2 is 1.85 bits per heavy atom. The minimum atomic E-state index is -0.783. The molecule has 1 saturated heterocycles. The van der Waals surface area contributed by atoms with E-state index in [9.17, 15) is 14.7 Å². The van der Waals surface area contributed by atoms with E-state index in [-0.39, 0.29) is 17.9 Å². The lowest BCUT2D eigenvalue weighted by Crippen LogP contribution is -2.29. The number of Topliss-reactive ketones (excluding diaryl/α,β-unsaturated/α-hetero) is 1. The van der Waals surface area contributed by atoms with Crippen LogP contribution in [0.5, 0.6) is 5.75 Å². The van der Waals surface area contributed by atoms with E-state index in [1.807, 2.05) is 6.07 Å². The van der Waals surface area contributed by atoms with Gasteiger partial charge in [0.05, 0.1) is 11.6 Å². The van der Waals surface area contributed by atoms with Crippen LogP contribution in [0.2, 0.25) is 5.02 Å². The average molecular weight is 461 g/mol. The van der Waals surface area contributed by atoms with Crippen molar-refractivity contribution in [3.63, 3.8) is 0 Å². The number of ketones is 1. The van der Waals surface area contributed by atoms with Crippen molar-refractivity contribution in [1.29, 1.82) is 0 Å². The molecule has 2 heterocycles. The number of likely N-dealkylation sites (tertiary alicyclic amines) is 1. The number of benzene rings is 2. The first-order valence-corrected chi connectivity index (χ1v) is 10.6. The molecule has 4 rings (SSSR count). The molecule has 0 spiro atoms. The first-order chi connectivity index (χ1) is 16.0. The van der Waals surface area contributed by atoms with E-state index in [4.69, 9.17) is 16.3 Å². The van der Waals surface area contributed by atoms with E-state index in [0.29, 0.717) is 28.5 Å². The van der Waals surface area contributed by atoms with Crippen LogP contribution >= 0.6 is 11.6 Å². The van der Waals surface area contributed by atoms with Crippen molar-refractivity contribution in [2.45, 2.75) is 12.6 Å². The van der Waals surface area contributed by atoms with Gasteiger partial charge in [0.1, 0.15) is 18.1 Å². The van der Waals surface area contributed by atoms with E-state index in [2.05, 4.69) is 11.6 Å². The van der Waals surface area contributed by atoms with Crippen LogP contribution < -0.4 is 4.74 Å². The van der Waals surface area contributed by atoms with Crippen LogP contribution in [0, 0.1) is 0 Å². The highest BCUT2D eigenvalue weighted by atomic mass is 35.5. The summed E-state index contributed by atoms with van der Waals surface area (Å²) in [6, 6.07) is 16.3. The Balaban J connectivity index is 1.80. The summed E-state index contributed by atoms with van der Waals surface area (Å²) in [5.74, 6) is -1.06. The van der Waals surface area contributed by atoms with Crippen molar-refractivity contribution in [2.75, 3.05) is 6.61 Å². The first-order valence-electron chi connectivity index (χ1n) is 10.3. The largest absolute Gasteiger partial charge is 0.507 e. The molecule has 1 atom stereocenters. The van der Waals surface area contributed by atoms with Crippen LogP contribution in [-0.2, 0) is 16.1 Å². The number of aliphatic hydroxyl groups is 1. The number of hydrogen-bond acceptors (Lipinski definition) is 5. The van der Waals surface area contributed by atoms with Crippen molar-refractivity contribution in [2.24, 2.45) is 0 Å². The van der Waals surface area contributed by atoms with Gasteiger partial charge >= 0.3 is 0 Å². The van der Waals surface area contributed by atoms with Crippen molar-refractivity contribution >= 4 is 29.1 Å². The number of amides is 1. The molecule has 1 aromatic heterocycles. The fourth-order valence-electron chi connectivity index (χ4n) is 3.74. The Morgan fingerprint density at radius 1 is 1.12 bits per heavy atom. The van der Waals surface area contributed by atoms with Crippen LogP contribution in [0.15, 0.2) is 91.3 Å². The van der Waals surface area contributed by atoms with Crippen LogP contribution in [0.25, 0.3) is 5.76 Å². The van der Waals surface area contributed by atoms with Crippen LogP contribution in [-0.4, -0.2) is 33.3 Å². The van der Waals surface area contributed by atoms with E-state index in [0.717, 1.165) is 5.56 Å². The molecule has 1 fully saturated rings.